The number of thiophene rings is 1. The molecule has 1 aromatic carbocycles. The van der Waals surface area contributed by atoms with Gasteiger partial charge in [0.15, 0.2) is 0 Å². The van der Waals surface area contributed by atoms with Gasteiger partial charge in [-0.05, 0) is 43.7 Å². The maximum Gasteiger partial charge on any atom is 0.348 e. The van der Waals surface area contributed by atoms with E-state index >= 15 is 0 Å². The van der Waals surface area contributed by atoms with Gasteiger partial charge in [0.2, 0.25) is 0 Å². The van der Waals surface area contributed by atoms with Crippen molar-refractivity contribution in [2.24, 2.45) is 0 Å². The van der Waals surface area contributed by atoms with E-state index in [1.807, 2.05) is 6.92 Å². The van der Waals surface area contributed by atoms with E-state index in [2.05, 4.69) is 9.97 Å². The maximum atomic E-state index is 13.0. The standard InChI is InChI=1S/C17H16FN3O2S2/c1-3-23-17(22)14-9(2)13-15(19)20-12(21-16(13)25-14)8-24-11-6-4-10(18)5-7-11/h4-7H,3,8H2,1-2H3,(H2,19,20,21). The van der Waals surface area contributed by atoms with Crippen molar-refractivity contribution in [3.63, 3.8) is 0 Å². The smallest absolute Gasteiger partial charge is 0.348 e. The number of thioether (sulfide) groups is 1. The number of hydrogen-bond donors (Lipinski definition) is 1. The second-order valence-corrected chi connectivity index (χ2v) is 7.27. The first-order chi connectivity index (χ1) is 12.0. The summed E-state index contributed by atoms with van der Waals surface area (Å²) in [7, 11) is 0. The third kappa shape index (κ3) is 3.74. The molecule has 0 aliphatic rings. The number of benzene rings is 1. The molecule has 3 aromatic rings. The molecule has 8 heteroatoms. The largest absolute Gasteiger partial charge is 0.462 e. The van der Waals surface area contributed by atoms with Crippen molar-refractivity contribution < 1.29 is 13.9 Å². The number of ether oxygens (including phenoxy) is 1. The fraction of sp³-hybridized carbons (Fsp3) is 0.235. The number of nitrogens with two attached hydrogens (primary N) is 1. The first-order valence-corrected chi connectivity index (χ1v) is 9.40. The fourth-order valence-electron chi connectivity index (χ4n) is 2.35. The Bertz CT molecular complexity index is 926. The lowest BCUT2D eigenvalue weighted by atomic mass is 10.2. The van der Waals surface area contributed by atoms with Gasteiger partial charge in [-0.2, -0.15) is 0 Å². The molecule has 0 spiro atoms. The topological polar surface area (TPSA) is 78.1 Å². The number of anilines is 1. The van der Waals surface area contributed by atoms with Crippen LogP contribution in [0, 0.1) is 12.7 Å². The molecule has 0 aliphatic heterocycles. The summed E-state index contributed by atoms with van der Waals surface area (Å²) in [6.45, 7) is 3.89. The van der Waals surface area contributed by atoms with Crippen molar-refractivity contribution in [3.8, 4) is 0 Å². The number of hydrogen-bond acceptors (Lipinski definition) is 7. The lowest BCUT2D eigenvalue weighted by Crippen LogP contribution is -2.03. The summed E-state index contributed by atoms with van der Waals surface area (Å²) in [4.78, 5) is 23.0. The molecule has 0 radical (unpaired) electrons. The second-order valence-electron chi connectivity index (χ2n) is 5.22. The third-order valence-corrected chi connectivity index (χ3v) is 5.68. The number of nitrogen functional groups attached to an aromatic ring is 1. The Morgan fingerprint density at radius 1 is 1.32 bits per heavy atom. The monoisotopic (exact) mass is 377 g/mol. The summed E-state index contributed by atoms with van der Waals surface area (Å²) in [5.41, 5.74) is 6.82. The molecular formula is C17H16FN3O2S2. The van der Waals surface area contributed by atoms with Crippen LogP contribution in [0.3, 0.4) is 0 Å². The third-order valence-electron chi connectivity index (χ3n) is 3.51. The summed E-state index contributed by atoms with van der Waals surface area (Å²) in [6.07, 6.45) is 0. The molecule has 2 heterocycles. The summed E-state index contributed by atoms with van der Waals surface area (Å²) < 4.78 is 18.0. The first kappa shape index (κ1) is 17.6. The molecule has 0 aliphatic carbocycles. The molecule has 0 fully saturated rings. The summed E-state index contributed by atoms with van der Waals surface area (Å²) >= 11 is 2.75. The van der Waals surface area contributed by atoms with Crippen molar-refractivity contribution in [3.05, 3.63) is 46.3 Å². The lowest BCUT2D eigenvalue weighted by Gasteiger charge is -2.04. The minimum Gasteiger partial charge on any atom is -0.462 e. The van der Waals surface area contributed by atoms with Gasteiger partial charge in [0.05, 0.1) is 17.7 Å². The maximum absolute atomic E-state index is 13.0. The molecule has 2 N–H and O–H groups in total. The number of nitrogens with zero attached hydrogens (tertiary/aromatic N) is 2. The molecule has 0 saturated heterocycles. The minimum absolute atomic E-state index is 0.271. The van der Waals surface area contributed by atoms with Gasteiger partial charge in [0.25, 0.3) is 0 Å². The highest BCUT2D eigenvalue weighted by Crippen LogP contribution is 2.34. The van der Waals surface area contributed by atoms with Crippen molar-refractivity contribution >= 4 is 45.1 Å². The van der Waals surface area contributed by atoms with Gasteiger partial charge in [-0.1, -0.05) is 0 Å². The number of carbonyl (C=O) groups is 1. The zero-order valence-corrected chi connectivity index (χ0v) is 15.3. The molecule has 3 rings (SSSR count). The van der Waals surface area contributed by atoms with Crippen LogP contribution in [0.1, 0.15) is 28.0 Å². The van der Waals surface area contributed by atoms with Crippen molar-refractivity contribution in [2.45, 2.75) is 24.5 Å². The van der Waals surface area contributed by atoms with E-state index in [1.54, 1.807) is 19.1 Å². The summed E-state index contributed by atoms with van der Waals surface area (Å²) in [6, 6.07) is 6.23. The van der Waals surface area contributed by atoms with Gasteiger partial charge in [0, 0.05) is 4.90 Å². The number of aryl methyl sites for hydroxylation is 1. The van der Waals surface area contributed by atoms with Crippen molar-refractivity contribution in [1.82, 2.24) is 9.97 Å². The van der Waals surface area contributed by atoms with Gasteiger partial charge in [-0.15, -0.1) is 23.1 Å². The van der Waals surface area contributed by atoms with Gasteiger partial charge < -0.3 is 10.5 Å². The van der Waals surface area contributed by atoms with Crippen LogP contribution < -0.4 is 5.73 Å². The lowest BCUT2D eigenvalue weighted by molar-refractivity contribution is 0.0531. The Labute approximate surface area is 152 Å². The molecule has 0 bridgehead atoms. The number of aromatic nitrogens is 2. The van der Waals surface area contributed by atoms with Crippen molar-refractivity contribution in [1.29, 1.82) is 0 Å². The molecule has 130 valence electrons. The van der Waals surface area contributed by atoms with E-state index in [0.717, 1.165) is 10.5 Å². The average molecular weight is 377 g/mol. The quantitative estimate of drug-likeness (QED) is 0.531. The van der Waals surface area contributed by atoms with Crippen LogP contribution in [0.15, 0.2) is 29.2 Å². The number of halogens is 1. The molecule has 0 atom stereocenters. The Balaban J connectivity index is 1.88. The first-order valence-electron chi connectivity index (χ1n) is 7.60. The number of carbonyl (C=O) groups excluding carboxylic acids is 1. The van der Waals surface area contributed by atoms with E-state index < -0.39 is 0 Å². The van der Waals surface area contributed by atoms with Gasteiger partial charge >= 0.3 is 5.97 Å². The van der Waals surface area contributed by atoms with E-state index in [0.29, 0.717) is 39.1 Å². The summed E-state index contributed by atoms with van der Waals surface area (Å²) in [5, 5.41) is 0.698. The predicted octanol–water partition coefficient (Wildman–Crippen LogP) is 4.19. The second kappa shape index (κ2) is 7.37. The van der Waals surface area contributed by atoms with Crippen LogP contribution in [-0.4, -0.2) is 22.5 Å². The van der Waals surface area contributed by atoms with Gasteiger partial charge in [0.1, 0.15) is 27.2 Å². The Morgan fingerprint density at radius 3 is 2.72 bits per heavy atom. The van der Waals surface area contributed by atoms with Gasteiger partial charge in [-0.25, -0.2) is 19.2 Å². The molecular weight excluding hydrogens is 361 g/mol. The van der Waals surface area contributed by atoms with Gasteiger partial charge in [-0.3, -0.25) is 0 Å². The molecule has 0 amide bonds. The van der Waals surface area contributed by atoms with E-state index in [1.165, 1.54) is 35.2 Å². The Kier molecular flexibility index (Phi) is 5.19. The highest BCUT2D eigenvalue weighted by molar-refractivity contribution is 7.98. The van der Waals surface area contributed by atoms with Crippen LogP contribution in [0.4, 0.5) is 10.2 Å². The normalized spacial score (nSPS) is 11.0. The molecule has 2 aromatic heterocycles. The van der Waals surface area contributed by atoms with Crippen LogP contribution in [0.25, 0.3) is 10.2 Å². The average Bonchev–Trinajstić information content (AvgIpc) is 2.92. The zero-order chi connectivity index (χ0) is 18.0. The van der Waals surface area contributed by atoms with Crippen LogP contribution in [0.2, 0.25) is 0 Å². The van der Waals surface area contributed by atoms with E-state index in [4.69, 9.17) is 10.5 Å². The molecule has 5 nitrogen and oxygen atoms in total. The fourth-order valence-corrected chi connectivity index (χ4v) is 4.21. The molecule has 0 saturated carbocycles. The van der Waals surface area contributed by atoms with Crippen LogP contribution in [-0.2, 0) is 10.5 Å². The van der Waals surface area contributed by atoms with E-state index in [9.17, 15) is 9.18 Å². The van der Waals surface area contributed by atoms with Crippen LogP contribution >= 0.6 is 23.1 Å². The predicted molar refractivity (Wildman–Crippen MR) is 98.5 cm³/mol. The molecule has 0 unspecified atom stereocenters. The highest BCUT2D eigenvalue weighted by Gasteiger charge is 2.20. The SMILES string of the molecule is CCOC(=O)c1sc2nc(CSc3ccc(F)cc3)nc(N)c2c1C. The number of esters is 1. The van der Waals surface area contributed by atoms with Crippen LogP contribution in [0.5, 0.6) is 0 Å². The number of fused-ring (bicyclic) bond motifs is 1. The van der Waals surface area contributed by atoms with Crippen molar-refractivity contribution in [2.75, 3.05) is 12.3 Å². The Morgan fingerprint density at radius 2 is 2.04 bits per heavy atom. The number of rotatable bonds is 5. The molecule has 25 heavy (non-hydrogen) atoms. The highest BCUT2D eigenvalue weighted by atomic mass is 32.2. The Hall–Kier alpha value is -2.19. The zero-order valence-electron chi connectivity index (χ0n) is 13.7. The summed E-state index contributed by atoms with van der Waals surface area (Å²) in [5.74, 6) is 0.772. The minimum atomic E-state index is -0.371. The van der Waals surface area contributed by atoms with E-state index in [-0.39, 0.29) is 11.8 Å².